The summed E-state index contributed by atoms with van der Waals surface area (Å²) in [5, 5.41) is 3.36. The van der Waals surface area contributed by atoms with Crippen molar-refractivity contribution in [2.75, 3.05) is 73.1 Å². The smallest absolute Gasteiger partial charge is 0.381 e. The molecule has 1 N–H and O–H groups in total. The Morgan fingerprint density at radius 1 is 1.27 bits per heavy atom. The van der Waals surface area contributed by atoms with Crippen LogP contribution in [0.3, 0.4) is 0 Å². The molecule has 0 radical (unpaired) electrons. The minimum Gasteiger partial charge on any atom is -0.381 e. The van der Waals surface area contributed by atoms with Crippen LogP contribution >= 0.6 is 24.0 Å². The fourth-order valence-electron chi connectivity index (χ4n) is 3.63. The molecule has 2 aliphatic heterocycles. The predicted molar refractivity (Wildman–Crippen MR) is 121 cm³/mol. The van der Waals surface area contributed by atoms with Gasteiger partial charge in [0.05, 0.1) is 13.2 Å². The Kier molecular flexibility index (Phi) is 11.7. The number of guanidine groups is 1. The number of hydrogen-bond acceptors (Lipinski definition) is 4. The third-order valence-corrected chi connectivity index (χ3v) is 5.39. The molecule has 176 valence electrons. The normalized spacial score (nSPS) is 22.4. The number of alkyl halides is 3. The first-order valence-electron chi connectivity index (χ1n) is 10.3. The first-order chi connectivity index (χ1) is 13.7. The molecule has 0 saturated carbocycles. The van der Waals surface area contributed by atoms with Crippen molar-refractivity contribution in [1.29, 1.82) is 0 Å². The van der Waals surface area contributed by atoms with E-state index in [9.17, 15) is 18.0 Å². The lowest BCUT2D eigenvalue weighted by Gasteiger charge is -2.26. The number of amides is 1. The van der Waals surface area contributed by atoms with E-state index in [1.807, 2.05) is 0 Å². The number of likely N-dealkylation sites (tertiary alicyclic amines) is 1. The first-order valence-corrected chi connectivity index (χ1v) is 10.3. The van der Waals surface area contributed by atoms with Crippen molar-refractivity contribution in [3.63, 3.8) is 0 Å². The fourth-order valence-corrected chi connectivity index (χ4v) is 3.63. The third-order valence-electron chi connectivity index (χ3n) is 5.39. The van der Waals surface area contributed by atoms with Crippen LogP contribution in [0.5, 0.6) is 0 Å². The molecule has 30 heavy (non-hydrogen) atoms. The lowest BCUT2D eigenvalue weighted by molar-refractivity contribution is -0.146. The Morgan fingerprint density at radius 3 is 2.57 bits per heavy atom. The maximum atomic E-state index is 12.7. The Labute approximate surface area is 194 Å². The SMILES string of the molecule is CCN(CC1CCN(C(=NCC(=O)N(C)C)NCC2CCOC2)C1)CC(F)(F)F.I. The molecule has 0 spiro atoms. The van der Waals surface area contributed by atoms with Gasteiger partial charge < -0.3 is 19.9 Å². The van der Waals surface area contributed by atoms with Gasteiger partial charge in [-0.2, -0.15) is 13.2 Å². The van der Waals surface area contributed by atoms with Gasteiger partial charge in [0.2, 0.25) is 5.91 Å². The molecule has 0 aliphatic carbocycles. The number of aliphatic imine (C=N–C) groups is 1. The van der Waals surface area contributed by atoms with Crippen LogP contribution in [0.25, 0.3) is 0 Å². The van der Waals surface area contributed by atoms with Gasteiger partial charge in [-0.1, -0.05) is 6.92 Å². The van der Waals surface area contributed by atoms with Crippen LogP contribution < -0.4 is 5.32 Å². The monoisotopic (exact) mass is 549 g/mol. The highest BCUT2D eigenvalue weighted by Gasteiger charge is 2.33. The number of ether oxygens (including phenoxy) is 1. The van der Waals surface area contributed by atoms with E-state index in [1.165, 1.54) is 9.80 Å². The van der Waals surface area contributed by atoms with Crippen molar-refractivity contribution < 1.29 is 22.7 Å². The minimum atomic E-state index is -4.18. The van der Waals surface area contributed by atoms with E-state index in [-0.39, 0.29) is 42.3 Å². The maximum Gasteiger partial charge on any atom is 0.401 e. The molecule has 2 heterocycles. The van der Waals surface area contributed by atoms with Crippen molar-refractivity contribution in [1.82, 2.24) is 20.0 Å². The summed E-state index contributed by atoms with van der Waals surface area (Å²) in [7, 11) is 3.37. The number of hydrogen-bond donors (Lipinski definition) is 1. The highest BCUT2D eigenvalue weighted by Crippen LogP contribution is 2.21. The number of halogens is 4. The molecule has 2 atom stereocenters. The van der Waals surface area contributed by atoms with Gasteiger partial charge in [-0.25, -0.2) is 4.99 Å². The number of likely N-dealkylation sites (N-methyl/N-ethyl adjacent to an activating group) is 1. The molecule has 2 saturated heterocycles. The summed E-state index contributed by atoms with van der Waals surface area (Å²) < 4.78 is 43.6. The number of rotatable bonds is 8. The van der Waals surface area contributed by atoms with Crippen LogP contribution in [0.15, 0.2) is 4.99 Å². The van der Waals surface area contributed by atoms with Gasteiger partial charge in [-0.3, -0.25) is 9.69 Å². The van der Waals surface area contributed by atoms with Gasteiger partial charge in [0.25, 0.3) is 0 Å². The Morgan fingerprint density at radius 2 is 2.00 bits per heavy atom. The molecule has 0 bridgehead atoms. The van der Waals surface area contributed by atoms with Crippen LogP contribution in [0, 0.1) is 11.8 Å². The Balaban J connectivity index is 0.00000450. The molecular formula is C19H35F3IN5O2. The third kappa shape index (κ3) is 9.54. The van der Waals surface area contributed by atoms with E-state index < -0.39 is 12.7 Å². The molecule has 0 aromatic carbocycles. The van der Waals surface area contributed by atoms with Gasteiger partial charge in [-0.15, -0.1) is 24.0 Å². The molecule has 2 fully saturated rings. The average Bonchev–Trinajstić information content (AvgIpc) is 3.31. The molecule has 0 aromatic heterocycles. The Bertz CT molecular complexity index is 557. The molecule has 11 heteroatoms. The Hall–Kier alpha value is -0.820. The summed E-state index contributed by atoms with van der Waals surface area (Å²) in [6.07, 6.45) is -2.38. The van der Waals surface area contributed by atoms with E-state index in [4.69, 9.17) is 4.74 Å². The zero-order chi connectivity index (χ0) is 21.4. The van der Waals surface area contributed by atoms with Crippen molar-refractivity contribution in [3.05, 3.63) is 0 Å². The van der Waals surface area contributed by atoms with Crippen LogP contribution in [0.1, 0.15) is 19.8 Å². The van der Waals surface area contributed by atoms with Crippen LogP contribution in [0.4, 0.5) is 13.2 Å². The van der Waals surface area contributed by atoms with Crippen molar-refractivity contribution in [2.24, 2.45) is 16.8 Å². The van der Waals surface area contributed by atoms with Crippen LogP contribution in [-0.4, -0.2) is 106 Å². The van der Waals surface area contributed by atoms with Gasteiger partial charge in [0.15, 0.2) is 5.96 Å². The van der Waals surface area contributed by atoms with Crippen molar-refractivity contribution in [3.8, 4) is 0 Å². The molecular weight excluding hydrogens is 514 g/mol. The minimum absolute atomic E-state index is 0. The zero-order valence-electron chi connectivity index (χ0n) is 18.1. The molecule has 0 aromatic rings. The fraction of sp³-hybridized carbons (Fsp3) is 0.895. The van der Waals surface area contributed by atoms with E-state index in [1.54, 1.807) is 21.0 Å². The average molecular weight is 549 g/mol. The lowest BCUT2D eigenvalue weighted by Crippen LogP contribution is -2.44. The quantitative estimate of drug-likeness (QED) is 0.285. The van der Waals surface area contributed by atoms with E-state index >= 15 is 0 Å². The van der Waals surface area contributed by atoms with Crippen molar-refractivity contribution in [2.45, 2.75) is 25.9 Å². The summed E-state index contributed by atoms with van der Waals surface area (Å²) in [4.78, 5) is 21.4. The van der Waals surface area contributed by atoms with Gasteiger partial charge in [0, 0.05) is 52.8 Å². The number of carbonyl (C=O) groups excluding carboxylic acids is 1. The van der Waals surface area contributed by atoms with Crippen LogP contribution in [-0.2, 0) is 9.53 Å². The number of nitrogens with one attached hydrogen (secondary N) is 1. The van der Waals surface area contributed by atoms with E-state index in [0.29, 0.717) is 44.7 Å². The molecule has 7 nitrogen and oxygen atoms in total. The van der Waals surface area contributed by atoms with E-state index in [0.717, 1.165) is 26.0 Å². The number of carbonyl (C=O) groups is 1. The summed E-state index contributed by atoms with van der Waals surface area (Å²) in [6, 6.07) is 0. The number of nitrogens with zero attached hydrogens (tertiary/aromatic N) is 4. The summed E-state index contributed by atoms with van der Waals surface area (Å²) >= 11 is 0. The topological polar surface area (TPSA) is 60.4 Å². The summed E-state index contributed by atoms with van der Waals surface area (Å²) in [5.41, 5.74) is 0. The second-order valence-electron chi connectivity index (χ2n) is 8.08. The molecule has 1 amide bonds. The lowest BCUT2D eigenvalue weighted by atomic mass is 10.1. The van der Waals surface area contributed by atoms with Gasteiger partial charge in [0.1, 0.15) is 6.54 Å². The van der Waals surface area contributed by atoms with Gasteiger partial charge in [-0.05, 0) is 25.3 Å². The molecule has 2 aliphatic rings. The highest BCUT2D eigenvalue weighted by molar-refractivity contribution is 14.0. The van der Waals surface area contributed by atoms with Crippen molar-refractivity contribution >= 4 is 35.8 Å². The van der Waals surface area contributed by atoms with Gasteiger partial charge >= 0.3 is 6.18 Å². The molecule has 2 unspecified atom stereocenters. The summed E-state index contributed by atoms with van der Waals surface area (Å²) in [5.74, 6) is 1.12. The second kappa shape index (κ2) is 12.9. The predicted octanol–water partition coefficient (Wildman–Crippen LogP) is 1.88. The molecule has 2 rings (SSSR count). The largest absolute Gasteiger partial charge is 0.401 e. The first kappa shape index (κ1) is 27.2. The summed E-state index contributed by atoms with van der Waals surface area (Å²) in [6.45, 7) is 5.24. The van der Waals surface area contributed by atoms with Crippen LogP contribution in [0.2, 0.25) is 0 Å². The van der Waals surface area contributed by atoms with E-state index in [2.05, 4.69) is 15.2 Å². The second-order valence-corrected chi connectivity index (χ2v) is 8.08. The highest BCUT2D eigenvalue weighted by atomic mass is 127. The zero-order valence-corrected chi connectivity index (χ0v) is 20.4. The standard InChI is InChI=1S/C19H34F3N5O2.HI/c1-4-26(14-19(20,21)22)11-16-5-7-27(12-16)18(24-10-17(28)25(2)3)23-9-15-6-8-29-13-15;/h15-16H,4-14H2,1-3H3,(H,23,24);1H. The maximum absolute atomic E-state index is 12.7.